The van der Waals surface area contributed by atoms with Crippen LogP contribution in [0.15, 0.2) is 0 Å². The molecule has 1 N–H and O–H groups in total. The van der Waals surface area contributed by atoms with Crippen LogP contribution in [-0.2, 0) is 9.53 Å². The summed E-state index contributed by atoms with van der Waals surface area (Å²) in [5.74, 6) is -0.275. The molecule has 0 aromatic rings. The maximum Gasteiger partial charge on any atom is 0.407 e. The van der Waals surface area contributed by atoms with Crippen molar-refractivity contribution < 1.29 is 19.4 Å². The molecule has 0 aromatic carbocycles. The second-order valence-corrected chi connectivity index (χ2v) is 5.94. The summed E-state index contributed by atoms with van der Waals surface area (Å²) >= 11 is 0. The Morgan fingerprint density at radius 2 is 2.00 bits per heavy atom. The van der Waals surface area contributed by atoms with Crippen LogP contribution in [0, 0.1) is 5.41 Å². The summed E-state index contributed by atoms with van der Waals surface area (Å²) in [4.78, 5) is 24.6. The molecule has 1 amide bonds. The van der Waals surface area contributed by atoms with Crippen LogP contribution in [0.25, 0.3) is 0 Å². The molecule has 1 unspecified atom stereocenters. The molecular weight excluding hydrogens is 234 g/mol. The van der Waals surface area contributed by atoms with E-state index in [2.05, 4.69) is 0 Å². The number of piperidine rings is 1. The van der Waals surface area contributed by atoms with Gasteiger partial charge in [-0.25, -0.2) is 4.79 Å². The molecule has 1 saturated heterocycles. The molecular formula is C13H23NO4. The summed E-state index contributed by atoms with van der Waals surface area (Å²) in [5.41, 5.74) is -1.21. The van der Waals surface area contributed by atoms with Crippen LogP contribution >= 0.6 is 0 Å². The number of ether oxygens (including phenoxy) is 1. The molecule has 1 atom stereocenters. The van der Waals surface area contributed by atoms with E-state index in [-0.39, 0.29) is 12.5 Å². The number of rotatable bonds is 2. The molecule has 104 valence electrons. The van der Waals surface area contributed by atoms with Crippen molar-refractivity contribution >= 4 is 12.1 Å². The van der Waals surface area contributed by atoms with Gasteiger partial charge in [0, 0.05) is 13.1 Å². The highest BCUT2D eigenvalue weighted by Crippen LogP contribution is 2.36. The molecule has 1 aliphatic heterocycles. The lowest BCUT2D eigenvalue weighted by Gasteiger charge is -2.40. The topological polar surface area (TPSA) is 66.8 Å². The Hall–Kier alpha value is -1.26. The molecule has 0 aromatic heterocycles. The molecule has 0 aliphatic carbocycles. The Kier molecular flexibility index (Phi) is 4.24. The van der Waals surface area contributed by atoms with E-state index in [9.17, 15) is 9.59 Å². The van der Waals surface area contributed by atoms with E-state index >= 15 is 0 Å². The zero-order chi connectivity index (χ0) is 14.0. The van der Waals surface area contributed by atoms with Gasteiger partial charge in [-0.15, -0.1) is 0 Å². The number of carboxylic acid groups (broad SMARTS) is 1. The zero-order valence-electron chi connectivity index (χ0n) is 11.7. The van der Waals surface area contributed by atoms with E-state index < -0.39 is 17.1 Å². The van der Waals surface area contributed by atoms with Crippen LogP contribution in [0.4, 0.5) is 4.79 Å². The fourth-order valence-electron chi connectivity index (χ4n) is 2.28. The highest BCUT2D eigenvalue weighted by Gasteiger charge is 2.44. The summed E-state index contributed by atoms with van der Waals surface area (Å²) in [6.07, 6.45) is 1.05. The molecule has 0 saturated carbocycles. The van der Waals surface area contributed by atoms with Crippen molar-refractivity contribution in [2.24, 2.45) is 5.41 Å². The summed E-state index contributed by atoms with van der Waals surface area (Å²) in [6, 6.07) is 0. The first-order valence-electron chi connectivity index (χ1n) is 6.41. The molecule has 18 heavy (non-hydrogen) atoms. The minimum absolute atomic E-state index is 0.244. The Morgan fingerprint density at radius 1 is 1.39 bits per heavy atom. The minimum Gasteiger partial charge on any atom is -0.465 e. The van der Waals surface area contributed by atoms with E-state index in [1.165, 1.54) is 4.90 Å². The summed E-state index contributed by atoms with van der Waals surface area (Å²) in [5, 5.41) is 9.05. The second-order valence-electron chi connectivity index (χ2n) is 5.94. The van der Waals surface area contributed by atoms with E-state index in [0.29, 0.717) is 25.8 Å². The van der Waals surface area contributed by atoms with Crippen LogP contribution in [0.3, 0.4) is 0 Å². The molecule has 1 rings (SSSR count). The van der Waals surface area contributed by atoms with Gasteiger partial charge in [-0.3, -0.25) is 4.79 Å². The highest BCUT2D eigenvalue weighted by molar-refractivity contribution is 5.78. The molecule has 5 heteroatoms. The van der Waals surface area contributed by atoms with Gasteiger partial charge in [0.1, 0.15) is 5.60 Å². The van der Waals surface area contributed by atoms with Gasteiger partial charge in [-0.2, -0.15) is 0 Å². The molecule has 0 spiro atoms. The Balaban J connectivity index is 2.84. The first kappa shape index (κ1) is 14.8. The highest BCUT2D eigenvalue weighted by atomic mass is 16.6. The number of nitrogens with zero attached hydrogens (tertiary/aromatic N) is 1. The SMILES string of the molecule is CCC1(C(=O)OC(C)(C)C)CCCN(C(=O)O)C1. The number of hydrogen-bond donors (Lipinski definition) is 1. The summed E-state index contributed by atoms with van der Waals surface area (Å²) in [6.45, 7) is 8.13. The average Bonchev–Trinajstić information content (AvgIpc) is 2.26. The number of amides is 1. The second kappa shape index (κ2) is 5.16. The van der Waals surface area contributed by atoms with E-state index in [0.717, 1.165) is 0 Å². The lowest BCUT2D eigenvalue weighted by Crippen LogP contribution is -2.51. The predicted octanol–water partition coefficient (Wildman–Crippen LogP) is 2.50. The van der Waals surface area contributed by atoms with Gasteiger partial charge >= 0.3 is 12.1 Å². The number of likely N-dealkylation sites (tertiary alicyclic amines) is 1. The molecule has 5 nitrogen and oxygen atoms in total. The van der Waals surface area contributed by atoms with Gasteiger partial charge in [0.25, 0.3) is 0 Å². The van der Waals surface area contributed by atoms with Crippen molar-refractivity contribution in [3.05, 3.63) is 0 Å². The standard InChI is InChI=1S/C13H23NO4/c1-5-13(10(15)18-12(2,3)4)7-6-8-14(9-13)11(16)17/h5-9H2,1-4H3,(H,16,17). The Morgan fingerprint density at radius 3 is 2.44 bits per heavy atom. The van der Waals surface area contributed by atoms with Crippen LogP contribution < -0.4 is 0 Å². The molecule has 1 aliphatic rings. The largest absolute Gasteiger partial charge is 0.465 e. The van der Waals surface area contributed by atoms with E-state index in [4.69, 9.17) is 9.84 Å². The first-order valence-corrected chi connectivity index (χ1v) is 6.41. The number of hydrogen-bond acceptors (Lipinski definition) is 3. The van der Waals surface area contributed by atoms with Crippen molar-refractivity contribution in [3.63, 3.8) is 0 Å². The Labute approximate surface area is 108 Å². The van der Waals surface area contributed by atoms with Crippen molar-refractivity contribution in [2.45, 2.75) is 52.6 Å². The number of carbonyl (C=O) groups excluding carboxylic acids is 1. The van der Waals surface area contributed by atoms with Crippen LogP contribution in [0.5, 0.6) is 0 Å². The lowest BCUT2D eigenvalue weighted by atomic mass is 9.77. The van der Waals surface area contributed by atoms with E-state index in [1.807, 2.05) is 27.7 Å². The summed E-state index contributed by atoms with van der Waals surface area (Å²) < 4.78 is 5.44. The average molecular weight is 257 g/mol. The number of esters is 1. The van der Waals surface area contributed by atoms with Gasteiger partial charge in [0.2, 0.25) is 0 Å². The Bertz CT molecular complexity index is 334. The normalized spacial score (nSPS) is 24.8. The maximum atomic E-state index is 12.3. The fourth-order valence-corrected chi connectivity index (χ4v) is 2.28. The number of carbonyl (C=O) groups is 2. The first-order chi connectivity index (χ1) is 8.20. The quantitative estimate of drug-likeness (QED) is 0.772. The van der Waals surface area contributed by atoms with Crippen molar-refractivity contribution in [3.8, 4) is 0 Å². The van der Waals surface area contributed by atoms with Crippen LogP contribution in [0.2, 0.25) is 0 Å². The van der Waals surface area contributed by atoms with Crippen molar-refractivity contribution in [1.29, 1.82) is 0 Å². The van der Waals surface area contributed by atoms with Gasteiger partial charge in [-0.1, -0.05) is 6.92 Å². The third-order valence-electron chi connectivity index (χ3n) is 3.36. The smallest absolute Gasteiger partial charge is 0.407 e. The molecule has 0 radical (unpaired) electrons. The lowest BCUT2D eigenvalue weighted by molar-refractivity contribution is -0.171. The minimum atomic E-state index is -0.962. The zero-order valence-corrected chi connectivity index (χ0v) is 11.7. The predicted molar refractivity (Wildman–Crippen MR) is 67.4 cm³/mol. The van der Waals surface area contributed by atoms with Gasteiger partial charge in [-0.05, 0) is 40.0 Å². The fraction of sp³-hybridized carbons (Fsp3) is 0.846. The monoisotopic (exact) mass is 257 g/mol. The van der Waals surface area contributed by atoms with Crippen LogP contribution in [0.1, 0.15) is 47.0 Å². The van der Waals surface area contributed by atoms with E-state index in [1.54, 1.807) is 0 Å². The van der Waals surface area contributed by atoms with Gasteiger partial charge in [0.05, 0.1) is 5.41 Å². The third-order valence-corrected chi connectivity index (χ3v) is 3.36. The van der Waals surface area contributed by atoms with Crippen molar-refractivity contribution in [2.75, 3.05) is 13.1 Å². The molecule has 1 heterocycles. The van der Waals surface area contributed by atoms with Crippen LogP contribution in [-0.4, -0.2) is 40.8 Å². The molecule has 1 fully saturated rings. The van der Waals surface area contributed by atoms with Gasteiger partial charge < -0.3 is 14.7 Å². The van der Waals surface area contributed by atoms with Gasteiger partial charge in [0.15, 0.2) is 0 Å². The maximum absolute atomic E-state index is 12.3. The molecule has 0 bridgehead atoms. The van der Waals surface area contributed by atoms with Crippen molar-refractivity contribution in [1.82, 2.24) is 4.90 Å². The summed E-state index contributed by atoms with van der Waals surface area (Å²) in [7, 11) is 0. The third kappa shape index (κ3) is 3.37.